The monoisotopic (exact) mass is 760 g/mol. The van der Waals surface area contributed by atoms with Crippen LogP contribution in [0.2, 0.25) is 0 Å². The quantitative estimate of drug-likeness (QED) is 0.153. The number of hydrogen-bond acceptors (Lipinski definition) is 1. The van der Waals surface area contributed by atoms with Gasteiger partial charge in [0.25, 0.3) is 0 Å². The maximum Gasteiger partial charge on any atom is 0.0537 e. The third kappa shape index (κ3) is 5.84. The minimum absolute atomic E-state index is 0.0540. The summed E-state index contributed by atoms with van der Waals surface area (Å²) in [5, 5.41) is 9.22. The number of hydrogen-bond donors (Lipinski definition) is 0. The molecule has 0 aliphatic heterocycles. The summed E-state index contributed by atoms with van der Waals surface area (Å²) < 4.78 is 2.51. The van der Waals surface area contributed by atoms with Gasteiger partial charge >= 0.3 is 0 Å². The predicted molar refractivity (Wildman–Crippen MR) is 254 cm³/mol. The van der Waals surface area contributed by atoms with Crippen molar-refractivity contribution in [3.05, 3.63) is 192 Å². The standard InChI is InChI=1S/C57H48N2/c1-57(2,3)42-33-40-27-31-48-50(38-25-29-43(30-26-38)58(4)52-22-11-8-19-45(52)37-15-6-5-7-16-37)36-51(49-32-28-41(34-42)55(40)56(48)49)39-17-14-18-44(35-39)59-53-23-12-9-20-46(53)47-21-10-13-24-54(47)59/h5-12,14-15,17-23,25-37H,13,16,24H2,1-4H3. The van der Waals surface area contributed by atoms with Crippen LogP contribution in [0.25, 0.3) is 77.2 Å². The molecular formula is C57H48N2. The zero-order valence-corrected chi connectivity index (χ0v) is 34.3. The van der Waals surface area contributed by atoms with Crippen molar-refractivity contribution in [1.82, 2.24) is 4.57 Å². The molecular weight excluding hydrogens is 713 g/mol. The van der Waals surface area contributed by atoms with E-state index in [4.69, 9.17) is 0 Å². The molecule has 0 saturated carbocycles. The largest absolute Gasteiger partial charge is 0.344 e. The number of aromatic nitrogens is 1. The van der Waals surface area contributed by atoms with Gasteiger partial charge in [0.2, 0.25) is 0 Å². The molecule has 0 amide bonds. The molecule has 0 N–H and O–H groups in total. The topological polar surface area (TPSA) is 8.17 Å². The van der Waals surface area contributed by atoms with Gasteiger partial charge in [0.05, 0.1) is 5.52 Å². The molecule has 9 aromatic rings. The lowest BCUT2D eigenvalue weighted by atomic mass is 9.81. The summed E-state index contributed by atoms with van der Waals surface area (Å²) in [7, 11) is 2.20. The van der Waals surface area contributed by atoms with Gasteiger partial charge in [-0.05, 0) is 133 Å². The fraction of sp³-hybridized carbons (Fsp3) is 0.158. The Morgan fingerprint density at radius 1 is 0.627 bits per heavy atom. The smallest absolute Gasteiger partial charge is 0.0537 e. The molecule has 286 valence electrons. The highest BCUT2D eigenvalue weighted by molar-refractivity contribution is 6.28. The molecule has 2 nitrogen and oxygen atoms in total. The molecule has 0 bridgehead atoms. The Bertz CT molecular complexity index is 3160. The third-order valence-corrected chi connectivity index (χ3v) is 13.1. The van der Waals surface area contributed by atoms with E-state index in [0.717, 1.165) is 19.3 Å². The lowest BCUT2D eigenvalue weighted by Gasteiger charge is -2.26. The van der Waals surface area contributed by atoms with E-state index in [9.17, 15) is 0 Å². The Hall–Kier alpha value is -6.64. The fourth-order valence-corrected chi connectivity index (χ4v) is 10.0. The first-order chi connectivity index (χ1) is 28.8. The van der Waals surface area contributed by atoms with Gasteiger partial charge in [-0.3, -0.25) is 0 Å². The van der Waals surface area contributed by atoms with Crippen LogP contribution in [0.1, 0.15) is 61.9 Å². The van der Waals surface area contributed by atoms with E-state index in [1.165, 1.54) is 105 Å². The number of benzene rings is 8. The maximum atomic E-state index is 2.51. The zero-order valence-electron chi connectivity index (χ0n) is 34.3. The molecule has 0 spiro atoms. The van der Waals surface area contributed by atoms with Crippen LogP contribution < -0.4 is 4.90 Å². The van der Waals surface area contributed by atoms with Crippen molar-refractivity contribution in [2.24, 2.45) is 0 Å². The van der Waals surface area contributed by atoms with Crippen molar-refractivity contribution in [3.63, 3.8) is 0 Å². The Balaban J connectivity index is 1.09. The van der Waals surface area contributed by atoms with Crippen molar-refractivity contribution < 1.29 is 0 Å². The van der Waals surface area contributed by atoms with Gasteiger partial charge in [0.1, 0.15) is 0 Å². The SMILES string of the molecule is CN(c1ccc(-c2cc(-c3cccc(-n4c5c(c6ccccc64)C=CCC5)c3)c3ccc4cc(C(C)(C)C)cc5ccc2c3c54)cc1)c1ccccc1C1C=CC=CC1. The minimum atomic E-state index is 0.0540. The summed E-state index contributed by atoms with van der Waals surface area (Å²) in [6, 6.07) is 53.0. The molecule has 1 unspecified atom stereocenters. The van der Waals surface area contributed by atoms with Crippen molar-refractivity contribution in [3.8, 4) is 27.9 Å². The Morgan fingerprint density at radius 2 is 1.37 bits per heavy atom. The lowest BCUT2D eigenvalue weighted by molar-refractivity contribution is 0.591. The molecule has 2 aliphatic rings. The van der Waals surface area contributed by atoms with Crippen molar-refractivity contribution >= 4 is 60.7 Å². The van der Waals surface area contributed by atoms with E-state index >= 15 is 0 Å². The molecule has 2 aliphatic carbocycles. The number of para-hydroxylation sites is 2. The Labute approximate surface area is 347 Å². The highest BCUT2D eigenvalue weighted by atomic mass is 15.1. The van der Waals surface area contributed by atoms with Crippen molar-refractivity contribution in [2.75, 3.05) is 11.9 Å². The average molecular weight is 761 g/mol. The molecule has 0 radical (unpaired) electrons. The van der Waals surface area contributed by atoms with Gasteiger partial charge in [0.15, 0.2) is 0 Å². The van der Waals surface area contributed by atoms with E-state index in [0.29, 0.717) is 5.92 Å². The van der Waals surface area contributed by atoms with Gasteiger partial charge < -0.3 is 9.47 Å². The molecule has 11 rings (SSSR count). The van der Waals surface area contributed by atoms with Crippen LogP contribution in [0.5, 0.6) is 0 Å². The second-order valence-electron chi connectivity index (χ2n) is 17.6. The zero-order chi connectivity index (χ0) is 39.8. The van der Waals surface area contributed by atoms with E-state index in [1.807, 2.05) is 0 Å². The molecule has 0 saturated heterocycles. The van der Waals surface area contributed by atoms with Crippen LogP contribution in [-0.2, 0) is 11.8 Å². The van der Waals surface area contributed by atoms with Crippen molar-refractivity contribution in [1.29, 1.82) is 0 Å². The van der Waals surface area contributed by atoms with E-state index in [2.05, 4.69) is 213 Å². The lowest BCUT2D eigenvalue weighted by Crippen LogP contribution is -2.13. The summed E-state index contributed by atoms with van der Waals surface area (Å²) in [5.74, 6) is 0.380. The summed E-state index contributed by atoms with van der Waals surface area (Å²) >= 11 is 0. The number of nitrogens with zero attached hydrogens (tertiary/aromatic N) is 2. The van der Waals surface area contributed by atoms with Crippen LogP contribution in [0.4, 0.5) is 11.4 Å². The Kier molecular flexibility index (Phi) is 8.27. The Morgan fingerprint density at radius 3 is 2.14 bits per heavy atom. The average Bonchev–Trinajstić information content (AvgIpc) is 3.62. The summed E-state index contributed by atoms with van der Waals surface area (Å²) in [5.41, 5.74) is 15.4. The van der Waals surface area contributed by atoms with Crippen LogP contribution in [-0.4, -0.2) is 11.6 Å². The number of allylic oxidation sites excluding steroid dienone is 5. The second kappa shape index (κ2) is 13.7. The summed E-state index contributed by atoms with van der Waals surface area (Å²) in [6.07, 6.45) is 16.7. The molecule has 59 heavy (non-hydrogen) atoms. The van der Waals surface area contributed by atoms with Gasteiger partial charge in [-0.25, -0.2) is 0 Å². The van der Waals surface area contributed by atoms with Crippen LogP contribution in [0.3, 0.4) is 0 Å². The third-order valence-electron chi connectivity index (χ3n) is 13.1. The molecule has 1 atom stereocenters. The van der Waals surface area contributed by atoms with E-state index < -0.39 is 0 Å². The molecule has 2 heteroatoms. The second-order valence-corrected chi connectivity index (χ2v) is 17.6. The minimum Gasteiger partial charge on any atom is -0.344 e. The van der Waals surface area contributed by atoms with Gasteiger partial charge in [0, 0.05) is 46.7 Å². The van der Waals surface area contributed by atoms with Crippen LogP contribution in [0, 0.1) is 0 Å². The molecule has 8 aromatic carbocycles. The predicted octanol–water partition coefficient (Wildman–Crippen LogP) is 15.5. The number of fused-ring (bicyclic) bond motifs is 3. The van der Waals surface area contributed by atoms with E-state index in [-0.39, 0.29) is 5.41 Å². The van der Waals surface area contributed by atoms with Gasteiger partial charge in [-0.15, -0.1) is 0 Å². The number of anilines is 2. The molecule has 1 aromatic heterocycles. The summed E-state index contributed by atoms with van der Waals surface area (Å²) in [6.45, 7) is 6.94. The highest BCUT2D eigenvalue weighted by Gasteiger charge is 2.23. The first-order valence-electron chi connectivity index (χ1n) is 21.2. The molecule has 0 fully saturated rings. The van der Waals surface area contributed by atoms with Crippen molar-refractivity contribution in [2.45, 2.75) is 51.4 Å². The summed E-state index contributed by atoms with van der Waals surface area (Å²) in [4.78, 5) is 2.35. The maximum absolute atomic E-state index is 2.51. The van der Waals surface area contributed by atoms with Gasteiger partial charge in [-0.1, -0.05) is 154 Å². The highest BCUT2D eigenvalue weighted by Crippen LogP contribution is 2.46. The first kappa shape index (κ1) is 35.5. The molecule has 1 heterocycles. The fourth-order valence-electron chi connectivity index (χ4n) is 10.0. The number of rotatable bonds is 6. The van der Waals surface area contributed by atoms with Gasteiger partial charge in [-0.2, -0.15) is 0 Å². The van der Waals surface area contributed by atoms with Crippen LogP contribution in [0.15, 0.2) is 170 Å². The van der Waals surface area contributed by atoms with Crippen LogP contribution >= 0.6 is 0 Å². The van der Waals surface area contributed by atoms with E-state index in [1.54, 1.807) is 0 Å². The first-order valence-corrected chi connectivity index (χ1v) is 21.2. The normalized spacial score (nSPS) is 15.2.